The molecular weight excluding hydrogens is 356 g/mol. The molecule has 0 amide bonds. The van der Waals surface area contributed by atoms with Crippen LogP contribution < -0.4 is 10.4 Å². The summed E-state index contributed by atoms with van der Waals surface area (Å²) >= 11 is 0. The van der Waals surface area contributed by atoms with Crippen molar-refractivity contribution >= 4 is 16.9 Å². The van der Waals surface area contributed by atoms with Crippen molar-refractivity contribution in [3.05, 3.63) is 74.6 Å². The van der Waals surface area contributed by atoms with E-state index in [1.165, 1.54) is 17.2 Å². The molecule has 1 aromatic heterocycles. The van der Waals surface area contributed by atoms with E-state index in [0.29, 0.717) is 16.9 Å². The molecule has 0 radical (unpaired) electrons. The van der Waals surface area contributed by atoms with Crippen LogP contribution in [0, 0.1) is 13.8 Å². The summed E-state index contributed by atoms with van der Waals surface area (Å²) in [7, 11) is 0. The van der Waals surface area contributed by atoms with Gasteiger partial charge in [0.25, 0.3) is 0 Å². The first-order valence-electron chi connectivity index (χ1n) is 9.43. The Morgan fingerprint density at radius 1 is 1.00 bits per heavy atom. The summed E-state index contributed by atoms with van der Waals surface area (Å²) in [5.74, 6) is 0.150. The highest BCUT2D eigenvalue weighted by Crippen LogP contribution is 2.28. The summed E-state index contributed by atoms with van der Waals surface area (Å²) in [5.41, 5.74) is 5.39. The molecule has 1 aliphatic carbocycles. The molecule has 0 atom stereocenters. The number of carbonyl (C=O) groups is 1. The smallest absolute Gasteiger partial charge is 0.344 e. The minimum atomic E-state index is -0.485. The van der Waals surface area contributed by atoms with Crippen molar-refractivity contribution in [3.8, 4) is 5.75 Å². The second-order valence-electron chi connectivity index (χ2n) is 7.33. The van der Waals surface area contributed by atoms with E-state index in [-0.39, 0.29) is 13.2 Å². The first-order chi connectivity index (χ1) is 13.5. The van der Waals surface area contributed by atoms with Gasteiger partial charge in [0.2, 0.25) is 0 Å². The van der Waals surface area contributed by atoms with Gasteiger partial charge in [-0.25, -0.2) is 9.59 Å². The molecule has 1 heterocycles. The van der Waals surface area contributed by atoms with Crippen molar-refractivity contribution in [1.29, 1.82) is 0 Å². The van der Waals surface area contributed by atoms with Gasteiger partial charge in [0.15, 0.2) is 6.61 Å². The van der Waals surface area contributed by atoms with Crippen LogP contribution in [0.25, 0.3) is 11.0 Å². The number of ether oxygens (including phenoxy) is 2. The van der Waals surface area contributed by atoms with Crippen LogP contribution in [0.4, 0.5) is 0 Å². The fraction of sp³-hybridized carbons (Fsp3) is 0.304. The standard InChI is InChI=1S/C23H22O5/c1-14-6-15(2)8-19(7-14)26-13-23(25)27-12-18-11-22(24)28-21-10-17-5-3-4-16(17)9-20(18)21/h6-11H,3-5,12-13H2,1-2H3. The van der Waals surface area contributed by atoms with Gasteiger partial charge in [0.05, 0.1) is 0 Å². The van der Waals surface area contributed by atoms with Crippen LogP contribution in [0.2, 0.25) is 0 Å². The lowest BCUT2D eigenvalue weighted by molar-refractivity contribution is -0.147. The summed E-state index contributed by atoms with van der Waals surface area (Å²) < 4.78 is 16.2. The maximum atomic E-state index is 12.1. The summed E-state index contributed by atoms with van der Waals surface area (Å²) in [5, 5.41) is 0.822. The first-order valence-corrected chi connectivity index (χ1v) is 9.43. The van der Waals surface area contributed by atoms with Gasteiger partial charge in [-0.05, 0) is 79.6 Å². The van der Waals surface area contributed by atoms with E-state index in [2.05, 4.69) is 6.07 Å². The maximum Gasteiger partial charge on any atom is 0.344 e. The average molecular weight is 378 g/mol. The van der Waals surface area contributed by atoms with Crippen LogP contribution >= 0.6 is 0 Å². The summed E-state index contributed by atoms with van der Waals surface area (Å²) in [4.78, 5) is 24.0. The molecule has 5 nitrogen and oxygen atoms in total. The zero-order valence-corrected chi connectivity index (χ0v) is 16.0. The van der Waals surface area contributed by atoms with Gasteiger partial charge in [-0.15, -0.1) is 0 Å². The third-order valence-corrected chi connectivity index (χ3v) is 4.98. The highest BCUT2D eigenvalue weighted by atomic mass is 16.6. The molecule has 0 fully saturated rings. The summed E-state index contributed by atoms with van der Waals surface area (Å²) in [6.45, 7) is 3.77. The van der Waals surface area contributed by atoms with Gasteiger partial charge in [0, 0.05) is 17.0 Å². The number of hydrogen-bond donors (Lipinski definition) is 0. The molecule has 3 aromatic rings. The molecule has 0 aliphatic heterocycles. The van der Waals surface area contributed by atoms with Crippen LogP contribution in [0.3, 0.4) is 0 Å². The number of aryl methyl sites for hydroxylation is 4. The molecule has 144 valence electrons. The second-order valence-corrected chi connectivity index (χ2v) is 7.33. The molecule has 0 unspecified atom stereocenters. The maximum absolute atomic E-state index is 12.1. The second kappa shape index (κ2) is 7.50. The van der Waals surface area contributed by atoms with Crippen LogP contribution in [0.5, 0.6) is 5.75 Å². The van der Waals surface area contributed by atoms with Crippen molar-refractivity contribution in [3.63, 3.8) is 0 Å². The zero-order valence-electron chi connectivity index (χ0n) is 16.0. The van der Waals surface area contributed by atoms with E-state index in [1.807, 2.05) is 38.1 Å². The Morgan fingerprint density at radius 3 is 2.46 bits per heavy atom. The van der Waals surface area contributed by atoms with Gasteiger partial charge >= 0.3 is 11.6 Å². The molecule has 0 bridgehead atoms. The van der Waals surface area contributed by atoms with Crippen LogP contribution in [-0.2, 0) is 29.0 Å². The predicted octanol–water partition coefficient (Wildman–Crippen LogP) is 4.02. The van der Waals surface area contributed by atoms with Gasteiger partial charge in [-0.2, -0.15) is 0 Å². The van der Waals surface area contributed by atoms with E-state index in [1.54, 1.807) is 0 Å². The monoisotopic (exact) mass is 378 g/mol. The fourth-order valence-electron chi connectivity index (χ4n) is 3.77. The lowest BCUT2D eigenvalue weighted by atomic mass is 10.0. The van der Waals surface area contributed by atoms with Crippen molar-refractivity contribution in [2.75, 3.05) is 6.61 Å². The molecule has 0 spiro atoms. The fourth-order valence-corrected chi connectivity index (χ4v) is 3.77. The Balaban J connectivity index is 1.46. The molecular formula is C23H22O5. The quantitative estimate of drug-likeness (QED) is 0.496. The van der Waals surface area contributed by atoms with Crippen molar-refractivity contribution in [1.82, 2.24) is 0 Å². The Labute approximate surface area is 162 Å². The minimum absolute atomic E-state index is 0.00985. The molecule has 4 rings (SSSR count). The largest absolute Gasteiger partial charge is 0.482 e. The van der Waals surface area contributed by atoms with Gasteiger partial charge < -0.3 is 13.9 Å². The predicted molar refractivity (Wildman–Crippen MR) is 106 cm³/mol. The highest BCUT2D eigenvalue weighted by molar-refractivity contribution is 5.82. The Morgan fingerprint density at radius 2 is 1.71 bits per heavy atom. The van der Waals surface area contributed by atoms with E-state index in [0.717, 1.165) is 35.8 Å². The van der Waals surface area contributed by atoms with E-state index < -0.39 is 11.6 Å². The summed E-state index contributed by atoms with van der Waals surface area (Å²) in [6, 6.07) is 11.2. The lowest BCUT2D eigenvalue weighted by Crippen LogP contribution is -2.15. The average Bonchev–Trinajstić information content (AvgIpc) is 3.09. The molecule has 2 aromatic carbocycles. The van der Waals surface area contributed by atoms with E-state index in [9.17, 15) is 9.59 Å². The van der Waals surface area contributed by atoms with E-state index >= 15 is 0 Å². The molecule has 28 heavy (non-hydrogen) atoms. The Hall–Kier alpha value is -3.08. The van der Waals surface area contributed by atoms with Gasteiger partial charge in [0.1, 0.15) is 17.9 Å². The molecule has 0 saturated heterocycles. The normalized spacial score (nSPS) is 12.8. The van der Waals surface area contributed by atoms with Crippen molar-refractivity contribution < 1.29 is 18.7 Å². The molecule has 1 aliphatic rings. The van der Waals surface area contributed by atoms with Crippen LogP contribution in [-0.4, -0.2) is 12.6 Å². The van der Waals surface area contributed by atoms with Crippen molar-refractivity contribution in [2.24, 2.45) is 0 Å². The molecule has 0 N–H and O–H groups in total. The number of esters is 1. The van der Waals surface area contributed by atoms with Crippen molar-refractivity contribution in [2.45, 2.75) is 39.7 Å². The number of carbonyl (C=O) groups excluding carboxylic acids is 1. The van der Waals surface area contributed by atoms with Gasteiger partial charge in [-0.3, -0.25) is 0 Å². The van der Waals surface area contributed by atoms with E-state index in [4.69, 9.17) is 13.9 Å². The zero-order chi connectivity index (χ0) is 19.7. The van der Waals surface area contributed by atoms with Crippen LogP contribution in [0.1, 0.15) is 34.2 Å². The molecule has 5 heteroatoms. The Bertz CT molecular complexity index is 1090. The topological polar surface area (TPSA) is 65.7 Å². The first kappa shape index (κ1) is 18.3. The third-order valence-electron chi connectivity index (χ3n) is 4.98. The number of rotatable bonds is 5. The Kier molecular flexibility index (Phi) is 4.90. The number of benzene rings is 2. The third kappa shape index (κ3) is 3.93. The van der Waals surface area contributed by atoms with Crippen LogP contribution in [0.15, 0.2) is 45.6 Å². The number of hydrogen-bond acceptors (Lipinski definition) is 5. The lowest BCUT2D eigenvalue weighted by Gasteiger charge is -2.10. The summed E-state index contributed by atoms with van der Waals surface area (Å²) in [6.07, 6.45) is 3.13. The number of fused-ring (bicyclic) bond motifs is 2. The molecule has 0 saturated carbocycles. The van der Waals surface area contributed by atoms with Gasteiger partial charge in [-0.1, -0.05) is 6.07 Å². The highest BCUT2D eigenvalue weighted by Gasteiger charge is 2.16. The SMILES string of the molecule is Cc1cc(C)cc(OCC(=O)OCc2cc(=O)oc3cc4c(cc23)CCC4)c1. The minimum Gasteiger partial charge on any atom is -0.482 e.